The number of hydrogen-bond donors (Lipinski definition) is 3. The van der Waals surface area contributed by atoms with Crippen LogP contribution < -0.4 is 29.0 Å². The Labute approximate surface area is 229 Å². The van der Waals surface area contributed by atoms with Gasteiger partial charge in [0.2, 0.25) is 18.4 Å². The zero-order valence-corrected chi connectivity index (χ0v) is 22.1. The van der Waals surface area contributed by atoms with Crippen LogP contribution in [0.25, 0.3) is 0 Å². The van der Waals surface area contributed by atoms with E-state index < -0.39 is 48.0 Å². The summed E-state index contributed by atoms with van der Waals surface area (Å²) in [4.78, 5) is 13.9. The number of nitrogens with one attached hydrogen (secondary N) is 1. The van der Waals surface area contributed by atoms with Crippen LogP contribution in [-0.4, -0.2) is 50.8 Å². The molecule has 5 rings (SSSR count). The molecule has 1 amide bonds. The molecule has 40 heavy (non-hydrogen) atoms. The van der Waals surface area contributed by atoms with Gasteiger partial charge in [-0.25, -0.2) is 8.78 Å². The lowest BCUT2D eigenvalue weighted by molar-refractivity contribution is -0.131. The first-order chi connectivity index (χ1) is 19.3. The quantitative estimate of drug-likeness (QED) is 0.386. The van der Waals surface area contributed by atoms with E-state index in [1.165, 1.54) is 21.3 Å². The summed E-state index contributed by atoms with van der Waals surface area (Å²) in [6, 6.07) is 9.75. The number of ether oxygens (including phenoxy) is 5. The molecule has 2 aliphatic rings. The predicted molar refractivity (Wildman–Crippen MR) is 138 cm³/mol. The van der Waals surface area contributed by atoms with Gasteiger partial charge in [0.05, 0.1) is 33.4 Å². The van der Waals surface area contributed by atoms with Gasteiger partial charge in [-0.2, -0.15) is 0 Å². The lowest BCUT2D eigenvalue weighted by Gasteiger charge is -2.41. The molecule has 3 N–H and O–H groups in total. The minimum absolute atomic E-state index is 0.000703. The number of benzene rings is 3. The molecule has 4 atom stereocenters. The number of rotatable bonds is 8. The fraction of sp³-hybridized carbons (Fsp3) is 0.345. The number of carbonyl (C=O) groups is 1. The lowest BCUT2D eigenvalue weighted by atomic mass is 9.64. The van der Waals surface area contributed by atoms with Gasteiger partial charge in [-0.1, -0.05) is 0 Å². The number of amides is 1. The molecule has 0 spiro atoms. The van der Waals surface area contributed by atoms with Crippen LogP contribution in [0.2, 0.25) is 0 Å². The van der Waals surface area contributed by atoms with E-state index in [-0.39, 0.29) is 18.9 Å². The van der Waals surface area contributed by atoms with E-state index in [4.69, 9.17) is 23.7 Å². The standard InChI is InChI=1S/C29H29F2NO8/c1-36-23-6-15(7-24(37-2)28(23)38-3)25-18-9-21-22(40-13-39-21)10-19(18)27(34)20(12-33)26(25)29(35)32-11-14-4-16(30)8-17(31)5-14/h4-10,20,25-27,33-34H,11-13H2,1-3H3,(H,32,35)/t20-,25+,26-,27-/m0/s1. The average molecular weight is 558 g/mol. The van der Waals surface area contributed by atoms with Crippen LogP contribution in [-0.2, 0) is 11.3 Å². The highest BCUT2D eigenvalue weighted by atomic mass is 19.1. The van der Waals surface area contributed by atoms with Crippen molar-refractivity contribution in [1.82, 2.24) is 5.32 Å². The van der Waals surface area contributed by atoms with E-state index in [0.29, 0.717) is 45.4 Å². The van der Waals surface area contributed by atoms with Crippen LogP contribution >= 0.6 is 0 Å². The largest absolute Gasteiger partial charge is 0.493 e. The van der Waals surface area contributed by atoms with Gasteiger partial charge < -0.3 is 39.2 Å². The summed E-state index contributed by atoms with van der Waals surface area (Å²) in [6.07, 6.45) is -1.23. The van der Waals surface area contributed by atoms with Gasteiger partial charge in [-0.15, -0.1) is 0 Å². The summed E-state index contributed by atoms with van der Waals surface area (Å²) in [6.45, 7) is -0.697. The molecule has 0 radical (unpaired) electrons. The van der Waals surface area contributed by atoms with Gasteiger partial charge in [-0.05, 0) is 58.7 Å². The normalized spacial score (nSPS) is 21.0. The molecule has 9 nitrogen and oxygen atoms in total. The van der Waals surface area contributed by atoms with Crippen molar-refractivity contribution in [2.45, 2.75) is 18.6 Å². The molecular weight excluding hydrogens is 528 g/mol. The molecule has 0 aromatic heterocycles. The zero-order chi connectivity index (χ0) is 28.6. The van der Waals surface area contributed by atoms with Gasteiger partial charge >= 0.3 is 0 Å². The predicted octanol–water partition coefficient (Wildman–Crippen LogP) is 3.44. The highest BCUT2D eigenvalue weighted by Crippen LogP contribution is 2.53. The molecule has 212 valence electrons. The maximum absolute atomic E-state index is 13.9. The minimum atomic E-state index is -1.23. The van der Waals surface area contributed by atoms with E-state index in [2.05, 4.69) is 5.32 Å². The number of methoxy groups -OCH3 is 3. The summed E-state index contributed by atoms with van der Waals surface area (Å²) < 4.78 is 55.2. The van der Waals surface area contributed by atoms with Crippen LogP contribution in [0.15, 0.2) is 42.5 Å². The van der Waals surface area contributed by atoms with Gasteiger partial charge in [0.15, 0.2) is 23.0 Å². The topological polar surface area (TPSA) is 116 Å². The number of carbonyl (C=O) groups excluding carboxylic acids is 1. The molecule has 0 saturated carbocycles. The molecule has 11 heteroatoms. The number of fused-ring (bicyclic) bond motifs is 2. The average Bonchev–Trinajstić information content (AvgIpc) is 3.41. The molecule has 1 aliphatic heterocycles. The summed E-state index contributed by atoms with van der Waals surface area (Å²) in [7, 11) is 4.41. The third kappa shape index (κ3) is 4.86. The first-order valence-corrected chi connectivity index (χ1v) is 12.5. The highest BCUT2D eigenvalue weighted by Gasteiger charge is 2.47. The first kappa shape index (κ1) is 27.5. The molecule has 0 saturated heterocycles. The number of halogens is 2. The summed E-state index contributed by atoms with van der Waals surface area (Å²) >= 11 is 0. The van der Waals surface area contributed by atoms with Crippen molar-refractivity contribution in [3.05, 3.63) is 76.4 Å². The van der Waals surface area contributed by atoms with Gasteiger partial charge in [0.1, 0.15) is 11.6 Å². The minimum Gasteiger partial charge on any atom is -0.493 e. The Kier molecular flexibility index (Phi) is 7.68. The maximum atomic E-state index is 13.9. The van der Waals surface area contributed by atoms with E-state index in [0.717, 1.165) is 18.2 Å². The third-order valence-electron chi connectivity index (χ3n) is 7.41. The van der Waals surface area contributed by atoms with Crippen LogP contribution in [0.5, 0.6) is 28.7 Å². The third-order valence-corrected chi connectivity index (χ3v) is 7.41. The van der Waals surface area contributed by atoms with Crippen molar-refractivity contribution in [2.75, 3.05) is 34.7 Å². The van der Waals surface area contributed by atoms with Crippen molar-refractivity contribution in [3.63, 3.8) is 0 Å². The van der Waals surface area contributed by atoms with Crippen molar-refractivity contribution < 1.29 is 47.5 Å². The second kappa shape index (κ2) is 11.2. The van der Waals surface area contributed by atoms with Gasteiger partial charge in [0.25, 0.3) is 0 Å². The molecule has 0 bridgehead atoms. The molecule has 0 unspecified atom stereocenters. The lowest BCUT2D eigenvalue weighted by Crippen LogP contribution is -2.45. The summed E-state index contributed by atoms with van der Waals surface area (Å²) in [5, 5.41) is 24.5. The van der Waals surface area contributed by atoms with Crippen LogP contribution in [0.3, 0.4) is 0 Å². The van der Waals surface area contributed by atoms with Gasteiger partial charge in [0, 0.05) is 31.1 Å². The van der Waals surface area contributed by atoms with Crippen molar-refractivity contribution >= 4 is 5.91 Å². The molecule has 1 aliphatic carbocycles. The fourth-order valence-corrected chi connectivity index (χ4v) is 5.61. The Hall–Kier alpha value is -4.09. The second-order valence-electron chi connectivity index (χ2n) is 9.58. The Bertz CT molecular complexity index is 1390. The number of aliphatic hydroxyl groups excluding tert-OH is 2. The maximum Gasteiger partial charge on any atom is 0.231 e. The van der Waals surface area contributed by atoms with Crippen molar-refractivity contribution in [1.29, 1.82) is 0 Å². The second-order valence-corrected chi connectivity index (χ2v) is 9.58. The summed E-state index contributed by atoms with van der Waals surface area (Å²) in [5.74, 6) is -2.85. The Balaban J connectivity index is 1.64. The Morgan fingerprint density at radius 2 is 1.52 bits per heavy atom. The molecular formula is C29H29F2NO8. The fourth-order valence-electron chi connectivity index (χ4n) is 5.61. The molecule has 0 fully saturated rings. The smallest absolute Gasteiger partial charge is 0.231 e. The van der Waals surface area contributed by atoms with E-state index in [1.54, 1.807) is 24.3 Å². The first-order valence-electron chi connectivity index (χ1n) is 12.5. The Morgan fingerprint density at radius 3 is 2.08 bits per heavy atom. The zero-order valence-electron chi connectivity index (χ0n) is 22.1. The monoisotopic (exact) mass is 557 g/mol. The van der Waals surface area contributed by atoms with Crippen molar-refractivity contribution in [3.8, 4) is 28.7 Å². The van der Waals surface area contributed by atoms with Crippen LogP contribution in [0.4, 0.5) is 8.78 Å². The van der Waals surface area contributed by atoms with Crippen LogP contribution in [0.1, 0.15) is 34.3 Å². The highest BCUT2D eigenvalue weighted by molar-refractivity contribution is 5.82. The number of aliphatic hydroxyl groups is 2. The number of hydrogen-bond acceptors (Lipinski definition) is 8. The van der Waals surface area contributed by atoms with Crippen molar-refractivity contribution in [2.24, 2.45) is 11.8 Å². The molecule has 3 aromatic rings. The SMILES string of the molecule is COc1cc([C@@H]2c3cc4c(cc3[C@H](O)[C@@H](CO)[C@@H]2C(=O)NCc2cc(F)cc(F)c2)OCO4)cc(OC)c1OC. The van der Waals surface area contributed by atoms with Crippen LogP contribution in [0, 0.1) is 23.5 Å². The van der Waals surface area contributed by atoms with Gasteiger partial charge in [-0.3, -0.25) is 4.79 Å². The van der Waals surface area contributed by atoms with E-state index in [1.807, 2.05) is 0 Å². The summed E-state index contributed by atoms with van der Waals surface area (Å²) in [5.41, 5.74) is 1.85. The van der Waals surface area contributed by atoms with E-state index >= 15 is 0 Å². The Morgan fingerprint density at radius 1 is 0.925 bits per heavy atom. The molecule has 1 heterocycles. The van der Waals surface area contributed by atoms with E-state index in [9.17, 15) is 23.8 Å². The molecule has 3 aromatic carbocycles.